The molecule has 23 heavy (non-hydrogen) atoms. The number of hydrogen-bond acceptors (Lipinski definition) is 4. The van der Waals surface area contributed by atoms with Crippen LogP contribution in [0.3, 0.4) is 0 Å². The number of esters is 1. The molecule has 1 aromatic heterocycles. The molecule has 1 heterocycles. The van der Waals surface area contributed by atoms with Crippen molar-refractivity contribution in [2.24, 2.45) is 0 Å². The smallest absolute Gasteiger partial charge is 0.338 e. The predicted molar refractivity (Wildman–Crippen MR) is 87.3 cm³/mol. The van der Waals surface area contributed by atoms with Crippen LogP contribution in [0.1, 0.15) is 41.2 Å². The van der Waals surface area contributed by atoms with Gasteiger partial charge in [-0.3, -0.25) is 9.78 Å². The molecule has 0 spiro atoms. The van der Waals surface area contributed by atoms with Crippen LogP contribution in [0.2, 0.25) is 0 Å². The SMILES string of the molecule is CN(C)C(=O)CCOC(=O)c1cc(C2CC2)nc2ccccc12. The van der Waals surface area contributed by atoms with Gasteiger partial charge in [0.2, 0.25) is 5.91 Å². The third-order valence-corrected chi connectivity index (χ3v) is 4.00. The molecule has 1 fully saturated rings. The second-order valence-electron chi connectivity index (χ2n) is 6.06. The molecule has 5 nitrogen and oxygen atoms in total. The first kappa shape index (κ1) is 15.5. The molecule has 0 saturated heterocycles. The molecule has 0 atom stereocenters. The zero-order valence-corrected chi connectivity index (χ0v) is 13.4. The monoisotopic (exact) mass is 312 g/mol. The molecule has 1 aromatic carbocycles. The van der Waals surface area contributed by atoms with Gasteiger partial charge in [-0.05, 0) is 25.0 Å². The molecule has 1 aliphatic carbocycles. The third kappa shape index (κ3) is 3.50. The summed E-state index contributed by atoms with van der Waals surface area (Å²) in [5.41, 5.74) is 2.31. The number of carbonyl (C=O) groups excluding carboxylic acids is 2. The van der Waals surface area contributed by atoms with Crippen LogP contribution >= 0.6 is 0 Å². The third-order valence-electron chi connectivity index (χ3n) is 4.00. The van der Waals surface area contributed by atoms with Crippen molar-refractivity contribution in [3.63, 3.8) is 0 Å². The molecule has 1 amide bonds. The minimum absolute atomic E-state index is 0.0592. The van der Waals surface area contributed by atoms with Crippen molar-refractivity contribution in [1.82, 2.24) is 9.88 Å². The highest BCUT2D eigenvalue weighted by Crippen LogP contribution is 2.40. The lowest BCUT2D eigenvalue weighted by Crippen LogP contribution is -2.23. The summed E-state index contributed by atoms with van der Waals surface area (Å²) >= 11 is 0. The fourth-order valence-electron chi connectivity index (χ4n) is 2.49. The average Bonchev–Trinajstić information content (AvgIpc) is 3.38. The Morgan fingerprint density at radius 2 is 2.00 bits per heavy atom. The molecular weight excluding hydrogens is 292 g/mol. The van der Waals surface area contributed by atoms with E-state index in [1.54, 1.807) is 14.1 Å². The van der Waals surface area contributed by atoms with E-state index in [9.17, 15) is 9.59 Å². The largest absolute Gasteiger partial charge is 0.462 e. The molecule has 120 valence electrons. The van der Waals surface area contributed by atoms with E-state index in [0.717, 1.165) is 29.4 Å². The van der Waals surface area contributed by atoms with Gasteiger partial charge in [0.15, 0.2) is 0 Å². The maximum Gasteiger partial charge on any atom is 0.338 e. The Bertz CT molecular complexity index is 751. The molecule has 0 N–H and O–H groups in total. The number of benzene rings is 1. The lowest BCUT2D eigenvalue weighted by molar-refractivity contribution is -0.129. The number of ether oxygens (including phenoxy) is 1. The van der Waals surface area contributed by atoms with Crippen LogP contribution in [-0.4, -0.2) is 42.5 Å². The van der Waals surface area contributed by atoms with Crippen LogP contribution in [0.4, 0.5) is 0 Å². The Kier molecular flexibility index (Phi) is 4.28. The highest BCUT2D eigenvalue weighted by molar-refractivity contribution is 6.03. The number of fused-ring (bicyclic) bond motifs is 1. The molecule has 0 unspecified atom stereocenters. The summed E-state index contributed by atoms with van der Waals surface area (Å²) in [6.45, 7) is 0.0885. The number of amides is 1. The van der Waals surface area contributed by atoms with E-state index in [1.165, 1.54) is 4.90 Å². The maximum absolute atomic E-state index is 12.4. The Hall–Kier alpha value is -2.43. The quantitative estimate of drug-likeness (QED) is 0.797. The first-order valence-electron chi connectivity index (χ1n) is 7.83. The molecule has 0 bridgehead atoms. The first-order valence-corrected chi connectivity index (χ1v) is 7.83. The van der Waals surface area contributed by atoms with Gasteiger partial charge in [-0.25, -0.2) is 4.79 Å². The summed E-state index contributed by atoms with van der Waals surface area (Å²) in [6, 6.07) is 9.42. The van der Waals surface area contributed by atoms with Gasteiger partial charge in [-0.15, -0.1) is 0 Å². The van der Waals surface area contributed by atoms with E-state index in [-0.39, 0.29) is 18.9 Å². The van der Waals surface area contributed by atoms with Crippen molar-refractivity contribution in [2.75, 3.05) is 20.7 Å². The molecular formula is C18H20N2O3. The maximum atomic E-state index is 12.4. The number of para-hydroxylation sites is 1. The Morgan fingerprint density at radius 1 is 1.26 bits per heavy atom. The zero-order chi connectivity index (χ0) is 16.4. The molecule has 1 saturated carbocycles. The molecule has 1 aliphatic rings. The summed E-state index contributed by atoms with van der Waals surface area (Å²) in [6.07, 6.45) is 2.44. The van der Waals surface area contributed by atoms with Crippen molar-refractivity contribution in [3.8, 4) is 0 Å². The average molecular weight is 312 g/mol. The van der Waals surface area contributed by atoms with Gasteiger partial charge in [0.25, 0.3) is 0 Å². The van der Waals surface area contributed by atoms with Crippen LogP contribution in [0.15, 0.2) is 30.3 Å². The summed E-state index contributed by atoms with van der Waals surface area (Å²) in [5.74, 6) is 0.00888. The highest BCUT2D eigenvalue weighted by atomic mass is 16.5. The number of nitrogens with zero attached hydrogens (tertiary/aromatic N) is 2. The molecule has 3 rings (SSSR count). The highest BCUT2D eigenvalue weighted by Gasteiger charge is 2.27. The Balaban J connectivity index is 1.80. The van der Waals surface area contributed by atoms with Gasteiger partial charge in [0, 0.05) is 31.1 Å². The van der Waals surface area contributed by atoms with Crippen LogP contribution in [-0.2, 0) is 9.53 Å². The first-order chi connectivity index (χ1) is 11.1. The Labute approximate surface area is 135 Å². The normalized spacial score (nSPS) is 13.8. The van der Waals surface area contributed by atoms with E-state index in [0.29, 0.717) is 11.5 Å². The van der Waals surface area contributed by atoms with E-state index in [2.05, 4.69) is 4.98 Å². The van der Waals surface area contributed by atoms with Gasteiger partial charge in [-0.2, -0.15) is 0 Å². The van der Waals surface area contributed by atoms with Crippen molar-refractivity contribution in [1.29, 1.82) is 0 Å². The lowest BCUT2D eigenvalue weighted by Gasteiger charge is -2.11. The number of aromatic nitrogens is 1. The molecule has 2 aromatic rings. The van der Waals surface area contributed by atoms with Crippen LogP contribution < -0.4 is 0 Å². The topological polar surface area (TPSA) is 59.5 Å². The summed E-state index contributed by atoms with van der Waals surface area (Å²) < 4.78 is 5.30. The minimum Gasteiger partial charge on any atom is -0.462 e. The van der Waals surface area contributed by atoms with Crippen LogP contribution in [0.25, 0.3) is 10.9 Å². The lowest BCUT2D eigenvalue weighted by atomic mass is 10.1. The van der Waals surface area contributed by atoms with Crippen molar-refractivity contribution in [3.05, 3.63) is 41.6 Å². The number of carbonyl (C=O) groups is 2. The van der Waals surface area contributed by atoms with Gasteiger partial charge >= 0.3 is 5.97 Å². The van der Waals surface area contributed by atoms with Crippen molar-refractivity contribution in [2.45, 2.75) is 25.2 Å². The van der Waals surface area contributed by atoms with E-state index in [4.69, 9.17) is 4.74 Å². The van der Waals surface area contributed by atoms with Gasteiger partial charge in [0.05, 0.1) is 17.5 Å². The van der Waals surface area contributed by atoms with Gasteiger partial charge < -0.3 is 9.64 Å². The van der Waals surface area contributed by atoms with Gasteiger partial charge in [0.1, 0.15) is 6.61 Å². The van der Waals surface area contributed by atoms with Crippen LogP contribution in [0.5, 0.6) is 0 Å². The van der Waals surface area contributed by atoms with E-state index >= 15 is 0 Å². The molecule has 0 radical (unpaired) electrons. The summed E-state index contributed by atoms with van der Waals surface area (Å²) in [7, 11) is 3.37. The van der Waals surface area contributed by atoms with Crippen molar-refractivity contribution >= 4 is 22.8 Å². The zero-order valence-electron chi connectivity index (χ0n) is 13.4. The second kappa shape index (κ2) is 6.36. The summed E-state index contributed by atoms with van der Waals surface area (Å²) in [4.78, 5) is 30.1. The number of pyridine rings is 1. The van der Waals surface area contributed by atoms with Crippen molar-refractivity contribution < 1.29 is 14.3 Å². The minimum atomic E-state index is -0.392. The van der Waals surface area contributed by atoms with E-state index in [1.807, 2.05) is 30.3 Å². The second-order valence-corrected chi connectivity index (χ2v) is 6.06. The van der Waals surface area contributed by atoms with E-state index < -0.39 is 5.97 Å². The predicted octanol–water partition coefficient (Wildman–Crippen LogP) is 2.75. The molecule has 5 heteroatoms. The molecule has 0 aliphatic heterocycles. The standard InChI is InChI=1S/C18H20N2O3/c1-20(2)17(21)9-10-23-18(22)14-11-16(12-7-8-12)19-15-6-4-3-5-13(14)15/h3-6,11-12H,7-10H2,1-2H3. The van der Waals surface area contributed by atoms with Crippen LogP contribution in [0, 0.1) is 0 Å². The fourth-order valence-corrected chi connectivity index (χ4v) is 2.49. The fraction of sp³-hybridized carbons (Fsp3) is 0.389. The number of hydrogen-bond donors (Lipinski definition) is 0. The van der Waals surface area contributed by atoms with Gasteiger partial charge in [-0.1, -0.05) is 18.2 Å². The number of rotatable bonds is 5. The Morgan fingerprint density at radius 3 is 2.70 bits per heavy atom. The summed E-state index contributed by atoms with van der Waals surface area (Å²) in [5, 5.41) is 0.792.